The van der Waals surface area contributed by atoms with E-state index in [4.69, 9.17) is 11.5 Å². The van der Waals surface area contributed by atoms with Crippen molar-refractivity contribution >= 4 is 23.4 Å². The van der Waals surface area contributed by atoms with Crippen LogP contribution < -0.4 is 16.8 Å². The molecule has 2 amide bonds. The van der Waals surface area contributed by atoms with E-state index in [-0.39, 0.29) is 25.2 Å². The van der Waals surface area contributed by atoms with Gasteiger partial charge in [0.25, 0.3) is 5.91 Å². The van der Waals surface area contributed by atoms with Crippen LogP contribution in [0.3, 0.4) is 0 Å². The minimum atomic E-state index is -1.83. The van der Waals surface area contributed by atoms with Gasteiger partial charge in [0, 0.05) is 19.2 Å². The van der Waals surface area contributed by atoms with Gasteiger partial charge in [-0.05, 0) is 19.8 Å². The number of ketones is 2. The molecule has 6 N–H and O–H groups in total. The molecule has 4 atom stereocenters. The van der Waals surface area contributed by atoms with Crippen LogP contribution in [0.2, 0.25) is 0 Å². The first-order chi connectivity index (χ1) is 12.3. The number of amides is 2. The van der Waals surface area contributed by atoms with Crippen molar-refractivity contribution in [2.45, 2.75) is 49.9 Å². The molecular weight excluding hydrogens is 340 g/mol. The minimum absolute atomic E-state index is 0.0949. The Bertz CT molecular complexity index is 748. The highest BCUT2D eigenvalue weighted by atomic mass is 16.2. The average Bonchev–Trinajstić information content (AvgIpc) is 3.27. The normalized spacial score (nSPS) is 29.3. The lowest BCUT2D eigenvalue weighted by atomic mass is 9.83. The van der Waals surface area contributed by atoms with Gasteiger partial charge < -0.3 is 21.4 Å². The van der Waals surface area contributed by atoms with Gasteiger partial charge in [-0.2, -0.15) is 0 Å². The van der Waals surface area contributed by atoms with Gasteiger partial charge >= 0.3 is 0 Å². The maximum atomic E-state index is 13.1. The van der Waals surface area contributed by atoms with Crippen molar-refractivity contribution in [3.8, 4) is 0 Å². The zero-order valence-electron chi connectivity index (χ0n) is 14.4. The molecule has 2 aliphatic heterocycles. The first-order valence-electron chi connectivity index (χ1n) is 8.47. The minimum Gasteiger partial charge on any atom is -0.367 e. The average molecular weight is 362 g/mol. The van der Waals surface area contributed by atoms with Gasteiger partial charge in [0.15, 0.2) is 17.1 Å². The van der Waals surface area contributed by atoms with E-state index >= 15 is 0 Å². The Hall–Kier alpha value is -2.59. The molecule has 1 aromatic rings. The Morgan fingerprint density at radius 1 is 1.46 bits per heavy atom. The standard InChI is InChI=1S/C16H22N6O4/c1-8-12(23)11(21-8)14(25)22-4-2-3-16(22,15(18)26)13(24)10(17)5-9-6-19-7-20-9/h6-8,10-11,21H,2-5,17H2,1H3,(H2,18,26)(H,19,20)/t8?,10-,11?,16-/m0/s1. The van der Waals surface area contributed by atoms with Crippen molar-refractivity contribution in [1.29, 1.82) is 0 Å². The molecule has 0 aromatic carbocycles. The number of hydrogen-bond donors (Lipinski definition) is 4. The third kappa shape index (κ3) is 2.71. The lowest BCUT2D eigenvalue weighted by Crippen LogP contribution is -2.72. The zero-order chi connectivity index (χ0) is 19.1. The zero-order valence-corrected chi connectivity index (χ0v) is 14.4. The summed E-state index contributed by atoms with van der Waals surface area (Å²) in [6, 6.07) is -2.52. The number of nitrogens with one attached hydrogen (secondary N) is 2. The number of aromatic amines is 1. The summed E-state index contributed by atoms with van der Waals surface area (Å²) >= 11 is 0. The summed E-state index contributed by atoms with van der Waals surface area (Å²) in [6.45, 7) is 1.81. The Kier molecular flexibility index (Phi) is 4.63. The lowest BCUT2D eigenvalue weighted by molar-refractivity contribution is -0.156. The molecule has 0 radical (unpaired) electrons. The molecular formula is C16H22N6O4. The number of aromatic nitrogens is 2. The third-order valence-electron chi connectivity index (χ3n) is 5.16. The molecule has 0 bridgehead atoms. The van der Waals surface area contributed by atoms with Gasteiger partial charge in [-0.3, -0.25) is 24.5 Å². The quantitative estimate of drug-likeness (QED) is 0.410. The van der Waals surface area contributed by atoms with E-state index < -0.39 is 41.3 Å². The number of nitrogens with zero attached hydrogens (tertiary/aromatic N) is 2. The fourth-order valence-corrected chi connectivity index (χ4v) is 3.70. The Morgan fingerprint density at radius 2 is 2.19 bits per heavy atom. The number of nitrogens with two attached hydrogens (primary N) is 2. The number of Topliss-reactive ketones (excluding diaryl/α,β-unsaturated/α-hetero) is 2. The summed E-state index contributed by atoms with van der Waals surface area (Å²) in [6.07, 6.45) is 3.68. The SMILES string of the molecule is CC1NC(C(=O)N2CCC[C@@]2(C(N)=O)C(=O)[C@@H](N)Cc2c[nH]cn2)C1=O. The fourth-order valence-electron chi connectivity index (χ4n) is 3.70. The predicted octanol–water partition coefficient (Wildman–Crippen LogP) is -2.38. The number of imidazole rings is 1. The molecule has 10 heteroatoms. The fraction of sp³-hybridized carbons (Fsp3) is 0.562. The molecule has 3 rings (SSSR count). The maximum absolute atomic E-state index is 13.1. The molecule has 26 heavy (non-hydrogen) atoms. The lowest BCUT2D eigenvalue weighted by Gasteiger charge is -2.41. The summed E-state index contributed by atoms with van der Waals surface area (Å²) in [5, 5.41) is 2.80. The number of primary amides is 1. The second-order valence-electron chi connectivity index (χ2n) is 6.78. The van der Waals surface area contributed by atoms with E-state index in [1.165, 1.54) is 6.33 Å². The van der Waals surface area contributed by atoms with Crippen molar-refractivity contribution in [2.24, 2.45) is 11.5 Å². The molecule has 2 unspecified atom stereocenters. The molecule has 3 heterocycles. The van der Waals surface area contributed by atoms with Crippen LogP contribution in [0.4, 0.5) is 0 Å². The summed E-state index contributed by atoms with van der Waals surface area (Å²) in [4.78, 5) is 57.9. The summed E-state index contributed by atoms with van der Waals surface area (Å²) < 4.78 is 0. The second-order valence-corrected chi connectivity index (χ2v) is 6.78. The molecule has 0 aliphatic carbocycles. The summed E-state index contributed by atoms with van der Waals surface area (Å²) in [5.74, 6) is -2.43. The largest absolute Gasteiger partial charge is 0.367 e. The third-order valence-corrected chi connectivity index (χ3v) is 5.16. The molecule has 0 saturated carbocycles. The van der Waals surface area contributed by atoms with Crippen LogP contribution in [-0.2, 0) is 25.6 Å². The Balaban J connectivity index is 1.85. The van der Waals surface area contributed by atoms with Crippen molar-refractivity contribution in [3.63, 3.8) is 0 Å². The molecule has 0 spiro atoms. The highest BCUT2D eigenvalue weighted by molar-refractivity contribution is 6.18. The molecule has 2 fully saturated rings. The van der Waals surface area contributed by atoms with Crippen molar-refractivity contribution < 1.29 is 19.2 Å². The van der Waals surface area contributed by atoms with E-state index in [0.29, 0.717) is 12.1 Å². The predicted molar refractivity (Wildman–Crippen MR) is 89.5 cm³/mol. The van der Waals surface area contributed by atoms with E-state index in [2.05, 4.69) is 15.3 Å². The monoisotopic (exact) mass is 362 g/mol. The van der Waals surface area contributed by atoms with Gasteiger partial charge in [0.2, 0.25) is 5.91 Å². The molecule has 10 nitrogen and oxygen atoms in total. The Morgan fingerprint density at radius 3 is 2.73 bits per heavy atom. The summed E-state index contributed by atoms with van der Waals surface area (Å²) in [7, 11) is 0. The van der Waals surface area contributed by atoms with E-state index in [0.717, 1.165) is 4.90 Å². The van der Waals surface area contributed by atoms with Crippen LogP contribution >= 0.6 is 0 Å². The number of H-pyrrole nitrogens is 1. The van der Waals surface area contributed by atoms with Gasteiger partial charge in [-0.1, -0.05) is 0 Å². The number of carbonyl (C=O) groups is 4. The van der Waals surface area contributed by atoms with E-state index in [9.17, 15) is 19.2 Å². The van der Waals surface area contributed by atoms with Gasteiger partial charge in [-0.15, -0.1) is 0 Å². The molecule has 1 aromatic heterocycles. The van der Waals surface area contributed by atoms with Gasteiger partial charge in [0.1, 0.15) is 6.04 Å². The molecule has 2 aliphatic rings. The number of likely N-dealkylation sites (tertiary alicyclic amines) is 1. The first kappa shape index (κ1) is 18.2. The molecule has 140 valence electrons. The van der Waals surface area contributed by atoms with Crippen LogP contribution in [-0.4, -0.2) is 68.5 Å². The number of hydrogen-bond acceptors (Lipinski definition) is 7. The van der Waals surface area contributed by atoms with E-state index in [1.807, 2.05) is 0 Å². The highest BCUT2D eigenvalue weighted by Gasteiger charge is 2.58. The van der Waals surface area contributed by atoms with Crippen molar-refractivity contribution in [3.05, 3.63) is 18.2 Å². The van der Waals surface area contributed by atoms with E-state index in [1.54, 1.807) is 13.1 Å². The smallest absolute Gasteiger partial charge is 0.251 e. The Labute approximate surface area is 149 Å². The van der Waals surface area contributed by atoms with Crippen LogP contribution in [0, 0.1) is 0 Å². The molecule has 2 saturated heterocycles. The van der Waals surface area contributed by atoms with Gasteiger partial charge in [0.05, 0.1) is 24.1 Å². The topological polar surface area (TPSA) is 164 Å². The van der Waals surface area contributed by atoms with Crippen LogP contribution in [0.5, 0.6) is 0 Å². The first-order valence-corrected chi connectivity index (χ1v) is 8.47. The second kappa shape index (κ2) is 6.61. The van der Waals surface area contributed by atoms with Crippen LogP contribution in [0.1, 0.15) is 25.5 Å². The maximum Gasteiger partial charge on any atom is 0.251 e. The van der Waals surface area contributed by atoms with Crippen molar-refractivity contribution in [2.75, 3.05) is 6.54 Å². The van der Waals surface area contributed by atoms with Crippen LogP contribution in [0.25, 0.3) is 0 Å². The van der Waals surface area contributed by atoms with Crippen LogP contribution in [0.15, 0.2) is 12.5 Å². The van der Waals surface area contributed by atoms with Crippen molar-refractivity contribution in [1.82, 2.24) is 20.2 Å². The van der Waals surface area contributed by atoms with Gasteiger partial charge in [-0.25, -0.2) is 4.98 Å². The number of rotatable bonds is 6. The highest BCUT2D eigenvalue weighted by Crippen LogP contribution is 2.33. The number of carbonyl (C=O) groups excluding carboxylic acids is 4. The summed E-state index contributed by atoms with van der Waals surface area (Å²) in [5.41, 5.74) is 10.3.